The summed E-state index contributed by atoms with van der Waals surface area (Å²) in [4.78, 5) is 23.6. The van der Waals surface area contributed by atoms with Gasteiger partial charge < -0.3 is 25.4 Å². The first-order valence-corrected chi connectivity index (χ1v) is 10.8. The van der Waals surface area contributed by atoms with Gasteiger partial charge in [-0.15, -0.1) is 12.4 Å². The molecule has 26 heavy (non-hydrogen) atoms. The molecule has 1 unspecified atom stereocenters. The number of H-pyrrole nitrogens is 1. The first-order chi connectivity index (χ1) is 11.9. The first-order valence-electron chi connectivity index (χ1n) is 8.76. The number of rotatable bonds is 8. The maximum absolute atomic E-state index is 12.3. The predicted octanol–water partition coefficient (Wildman–Crippen LogP) is 1.71. The van der Waals surface area contributed by atoms with E-state index in [1.165, 1.54) is 12.5 Å². The predicted molar refractivity (Wildman–Crippen MR) is 106 cm³/mol. The Morgan fingerprint density at radius 2 is 1.92 bits per heavy atom. The Bertz CT molecular complexity index is 572. The molecule has 1 saturated carbocycles. The lowest BCUT2D eigenvalue weighted by atomic mass is 9.91. The number of aromatic nitrogens is 1. The number of aliphatic hydroxyl groups excluding tert-OH is 2. The first kappa shape index (κ1) is 25.3. The van der Waals surface area contributed by atoms with Crippen molar-refractivity contribution in [1.29, 1.82) is 0 Å². The van der Waals surface area contributed by atoms with Gasteiger partial charge >= 0.3 is 0 Å². The number of nitrogens with one attached hydrogen (secondary N) is 2. The lowest BCUT2D eigenvalue weighted by molar-refractivity contribution is 0.189. The SMILES string of the molecule is CO.Cl.O=c1ccc(CNC[C@H](O)CP(=O)(O)CC2CCCCC2)c[nH]1. The Labute approximate surface area is 161 Å². The van der Waals surface area contributed by atoms with Crippen molar-refractivity contribution >= 4 is 19.8 Å². The molecule has 1 aliphatic rings. The molecule has 0 aromatic carbocycles. The van der Waals surface area contributed by atoms with Crippen molar-refractivity contribution in [3.8, 4) is 0 Å². The second kappa shape index (κ2) is 13.5. The molecule has 1 aliphatic carbocycles. The fourth-order valence-electron chi connectivity index (χ4n) is 3.18. The normalized spacial score (nSPS) is 18.0. The van der Waals surface area contributed by atoms with Crippen molar-refractivity contribution in [3.05, 3.63) is 34.2 Å². The van der Waals surface area contributed by atoms with Crippen LogP contribution in [0.5, 0.6) is 0 Å². The van der Waals surface area contributed by atoms with Gasteiger partial charge in [0.15, 0.2) is 0 Å². The molecular formula is C17H32ClN2O5P. The lowest BCUT2D eigenvalue weighted by Crippen LogP contribution is -2.30. The summed E-state index contributed by atoms with van der Waals surface area (Å²) >= 11 is 0. The molecule has 0 aliphatic heterocycles. The molecule has 5 N–H and O–H groups in total. The third-order valence-corrected chi connectivity index (χ3v) is 6.40. The highest BCUT2D eigenvalue weighted by atomic mass is 35.5. The van der Waals surface area contributed by atoms with Gasteiger partial charge in [0, 0.05) is 38.6 Å². The van der Waals surface area contributed by atoms with Crippen LogP contribution < -0.4 is 10.9 Å². The number of hydrogen-bond donors (Lipinski definition) is 5. The van der Waals surface area contributed by atoms with Crippen LogP contribution in [0, 0.1) is 5.92 Å². The minimum Gasteiger partial charge on any atom is -0.400 e. The molecule has 0 bridgehead atoms. The summed E-state index contributed by atoms with van der Waals surface area (Å²) in [5.74, 6) is 0.334. The smallest absolute Gasteiger partial charge is 0.247 e. The van der Waals surface area contributed by atoms with Gasteiger partial charge in [0.25, 0.3) is 0 Å². The molecule has 1 heterocycles. The molecule has 0 radical (unpaired) electrons. The van der Waals surface area contributed by atoms with Crippen molar-refractivity contribution in [2.24, 2.45) is 5.92 Å². The number of halogens is 1. The van der Waals surface area contributed by atoms with Crippen LogP contribution in [0.2, 0.25) is 0 Å². The van der Waals surface area contributed by atoms with Gasteiger partial charge in [-0.2, -0.15) is 0 Å². The molecular weight excluding hydrogens is 379 g/mol. The number of aromatic amines is 1. The number of hydrogen-bond acceptors (Lipinski definition) is 5. The highest BCUT2D eigenvalue weighted by Crippen LogP contribution is 2.45. The Balaban J connectivity index is 0.00000201. The second-order valence-electron chi connectivity index (χ2n) is 6.56. The van der Waals surface area contributed by atoms with Gasteiger partial charge in [0.2, 0.25) is 12.9 Å². The summed E-state index contributed by atoms with van der Waals surface area (Å²) in [5.41, 5.74) is 0.740. The molecule has 1 aromatic rings. The fraction of sp³-hybridized carbons (Fsp3) is 0.706. The number of aliphatic hydroxyl groups is 2. The topological polar surface area (TPSA) is 123 Å². The summed E-state index contributed by atoms with van der Waals surface area (Å²) < 4.78 is 12.3. The second-order valence-corrected chi connectivity index (χ2v) is 8.98. The summed E-state index contributed by atoms with van der Waals surface area (Å²) in [6, 6.07) is 3.15. The zero-order valence-electron chi connectivity index (χ0n) is 15.3. The van der Waals surface area contributed by atoms with Gasteiger partial charge in [-0.05, 0) is 24.3 Å². The van der Waals surface area contributed by atoms with Crippen molar-refractivity contribution in [3.63, 3.8) is 0 Å². The zero-order valence-corrected chi connectivity index (χ0v) is 17.0. The molecule has 2 atom stereocenters. The summed E-state index contributed by atoms with van der Waals surface area (Å²) in [7, 11) is -2.27. The van der Waals surface area contributed by atoms with Crippen molar-refractivity contribution in [1.82, 2.24) is 10.3 Å². The van der Waals surface area contributed by atoms with Gasteiger partial charge in [0.05, 0.1) is 12.3 Å². The van der Waals surface area contributed by atoms with Gasteiger partial charge in [-0.25, -0.2) is 0 Å². The van der Waals surface area contributed by atoms with E-state index in [2.05, 4.69) is 10.3 Å². The van der Waals surface area contributed by atoms with Crippen molar-refractivity contribution < 1.29 is 19.7 Å². The number of pyridine rings is 1. The largest absolute Gasteiger partial charge is 0.400 e. The van der Waals surface area contributed by atoms with Gasteiger partial charge in [-0.3, -0.25) is 9.36 Å². The van der Waals surface area contributed by atoms with Crippen molar-refractivity contribution in [2.45, 2.75) is 44.8 Å². The van der Waals surface area contributed by atoms with E-state index in [9.17, 15) is 19.4 Å². The van der Waals surface area contributed by atoms with E-state index in [0.29, 0.717) is 18.6 Å². The van der Waals surface area contributed by atoms with Crippen LogP contribution in [0.15, 0.2) is 23.1 Å². The third-order valence-electron chi connectivity index (χ3n) is 4.32. The van der Waals surface area contributed by atoms with E-state index in [0.717, 1.165) is 38.4 Å². The van der Waals surface area contributed by atoms with E-state index >= 15 is 0 Å². The van der Waals surface area contributed by atoms with E-state index < -0.39 is 13.5 Å². The third kappa shape index (κ3) is 10.5. The maximum atomic E-state index is 12.3. The lowest BCUT2D eigenvalue weighted by Gasteiger charge is -2.25. The van der Waals surface area contributed by atoms with Crippen LogP contribution in [0.25, 0.3) is 0 Å². The van der Waals surface area contributed by atoms with Gasteiger partial charge in [-0.1, -0.05) is 25.3 Å². The van der Waals surface area contributed by atoms with Crippen LogP contribution >= 0.6 is 19.8 Å². The van der Waals surface area contributed by atoms with Crippen LogP contribution in [-0.4, -0.2) is 52.2 Å². The van der Waals surface area contributed by atoms with Crippen LogP contribution in [0.4, 0.5) is 0 Å². The Hall–Kier alpha value is -0.690. The molecule has 0 amide bonds. The Morgan fingerprint density at radius 1 is 1.27 bits per heavy atom. The Morgan fingerprint density at radius 3 is 2.50 bits per heavy atom. The molecule has 0 saturated heterocycles. The monoisotopic (exact) mass is 410 g/mol. The average Bonchev–Trinajstić information content (AvgIpc) is 2.58. The van der Waals surface area contributed by atoms with E-state index in [1.54, 1.807) is 12.3 Å². The highest BCUT2D eigenvalue weighted by Gasteiger charge is 2.27. The van der Waals surface area contributed by atoms with E-state index in [4.69, 9.17) is 5.11 Å². The summed E-state index contributed by atoms with van der Waals surface area (Å²) in [6.45, 7) is 0.751. The minimum absolute atomic E-state index is 0. The van der Waals surface area contributed by atoms with Crippen molar-refractivity contribution in [2.75, 3.05) is 26.0 Å². The summed E-state index contributed by atoms with van der Waals surface area (Å²) in [6.07, 6.45) is 6.65. The molecule has 7 nitrogen and oxygen atoms in total. The maximum Gasteiger partial charge on any atom is 0.247 e. The molecule has 9 heteroatoms. The summed E-state index contributed by atoms with van der Waals surface area (Å²) in [5, 5.41) is 20.0. The Kier molecular flexibility index (Phi) is 13.1. The van der Waals surface area contributed by atoms with Crippen LogP contribution in [-0.2, 0) is 11.1 Å². The van der Waals surface area contributed by atoms with Crippen LogP contribution in [0.1, 0.15) is 37.7 Å². The van der Waals surface area contributed by atoms with Crippen LogP contribution in [0.3, 0.4) is 0 Å². The molecule has 152 valence electrons. The van der Waals surface area contributed by atoms with Gasteiger partial charge in [0.1, 0.15) is 0 Å². The van der Waals surface area contributed by atoms with E-state index in [1.807, 2.05) is 0 Å². The highest BCUT2D eigenvalue weighted by molar-refractivity contribution is 7.58. The molecule has 0 spiro atoms. The molecule has 1 aromatic heterocycles. The fourth-order valence-corrected chi connectivity index (χ4v) is 5.29. The van der Waals surface area contributed by atoms with E-state index in [-0.39, 0.29) is 30.7 Å². The quantitative estimate of drug-likeness (QED) is 0.416. The molecule has 2 rings (SSSR count). The zero-order chi connectivity index (χ0) is 18.7. The minimum atomic E-state index is -3.27. The average molecular weight is 411 g/mol. The molecule has 1 fully saturated rings. The standard InChI is InChI=1S/C16H27N2O4P.CH4O.ClH/c19-15(10-17-8-14-6-7-16(20)18-9-14)12-23(21,22)11-13-4-2-1-3-5-13;1-2;/h6-7,9,13,15,17,19H,1-5,8,10-12H2,(H,18,20)(H,21,22);2H,1H3;1H/t15-;;/m0../s1.